The molecule has 0 aliphatic carbocycles. The first-order chi connectivity index (χ1) is 7.38. The van der Waals surface area contributed by atoms with Gasteiger partial charge in [-0.2, -0.15) is 0 Å². The van der Waals surface area contributed by atoms with Gasteiger partial charge in [-0.25, -0.2) is 0 Å². The van der Waals surface area contributed by atoms with E-state index in [1.165, 1.54) is 13.0 Å². The van der Waals surface area contributed by atoms with Crippen LogP contribution in [0.5, 0.6) is 0 Å². The van der Waals surface area contributed by atoms with Crippen molar-refractivity contribution in [2.75, 3.05) is 13.6 Å². The molecule has 1 rings (SSSR count). The summed E-state index contributed by atoms with van der Waals surface area (Å²) in [5, 5.41) is 0. The molecule has 1 saturated heterocycles. The Morgan fingerprint density at radius 1 is 0.941 bits per heavy atom. The molecule has 0 aromatic heterocycles. The van der Waals surface area contributed by atoms with Crippen molar-refractivity contribution < 1.29 is 0 Å². The summed E-state index contributed by atoms with van der Waals surface area (Å²) >= 11 is 0. The molecule has 0 saturated carbocycles. The predicted molar refractivity (Wildman–Crippen MR) is 77.2 cm³/mol. The van der Waals surface area contributed by atoms with Crippen LogP contribution in [0, 0.1) is 22.7 Å². The van der Waals surface area contributed by atoms with Crippen molar-refractivity contribution in [2.24, 2.45) is 22.7 Å². The zero-order valence-corrected chi connectivity index (χ0v) is 13.5. The molecular formula is C16H33N. The molecule has 1 aliphatic heterocycles. The van der Waals surface area contributed by atoms with Crippen LogP contribution in [0.25, 0.3) is 0 Å². The third-order valence-electron chi connectivity index (χ3n) is 4.97. The summed E-state index contributed by atoms with van der Waals surface area (Å²) < 4.78 is 0. The Morgan fingerprint density at radius 3 is 1.76 bits per heavy atom. The van der Waals surface area contributed by atoms with Gasteiger partial charge in [-0.15, -0.1) is 0 Å². The van der Waals surface area contributed by atoms with E-state index in [9.17, 15) is 0 Å². The summed E-state index contributed by atoms with van der Waals surface area (Å²) in [5.41, 5.74) is 1.08. The van der Waals surface area contributed by atoms with Crippen LogP contribution >= 0.6 is 0 Å². The summed E-state index contributed by atoms with van der Waals surface area (Å²) in [4.78, 5) is 2.56. The van der Waals surface area contributed by atoms with Gasteiger partial charge in [-0.05, 0) is 56.5 Å². The molecule has 0 bridgehead atoms. The van der Waals surface area contributed by atoms with Gasteiger partial charge in [0.15, 0.2) is 0 Å². The summed E-state index contributed by atoms with van der Waals surface area (Å²) in [5.74, 6) is 1.56. The van der Waals surface area contributed by atoms with E-state index in [0.717, 1.165) is 11.8 Å². The van der Waals surface area contributed by atoms with Gasteiger partial charge >= 0.3 is 0 Å². The SMILES string of the molecule is CN1CCC(C(C)(C)C)C(C(C)(C)C)C1(C)C. The Balaban J connectivity index is 3.17. The number of likely N-dealkylation sites (tertiary alicyclic amines) is 1. The molecule has 102 valence electrons. The van der Waals surface area contributed by atoms with Crippen molar-refractivity contribution in [1.29, 1.82) is 0 Å². The van der Waals surface area contributed by atoms with Crippen molar-refractivity contribution in [3.63, 3.8) is 0 Å². The zero-order valence-electron chi connectivity index (χ0n) is 13.5. The molecule has 1 heteroatoms. The maximum atomic E-state index is 2.56. The van der Waals surface area contributed by atoms with Gasteiger partial charge in [0.05, 0.1) is 0 Å². The first-order valence-electron chi connectivity index (χ1n) is 7.09. The van der Waals surface area contributed by atoms with Crippen LogP contribution in [0.15, 0.2) is 0 Å². The molecule has 17 heavy (non-hydrogen) atoms. The quantitative estimate of drug-likeness (QED) is 0.604. The van der Waals surface area contributed by atoms with E-state index in [-0.39, 0.29) is 0 Å². The minimum absolute atomic E-state index is 0.300. The summed E-state index contributed by atoms with van der Waals surface area (Å²) in [6.07, 6.45) is 1.34. The third-order valence-corrected chi connectivity index (χ3v) is 4.97. The fourth-order valence-electron chi connectivity index (χ4n) is 4.11. The van der Waals surface area contributed by atoms with Crippen LogP contribution in [0.2, 0.25) is 0 Å². The van der Waals surface area contributed by atoms with Crippen LogP contribution in [-0.4, -0.2) is 24.0 Å². The van der Waals surface area contributed by atoms with Crippen molar-refractivity contribution in [1.82, 2.24) is 4.90 Å². The molecule has 0 spiro atoms. The van der Waals surface area contributed by atoms with E-state index in [2.05, 4.69) is 67.3 Å². The Kier molecular flexibility index (Phi) is 3.76. The van der Waals surface area contributed by atoms with Crippen LogP contribution in [0.4, 0.5) is 0 Å². The molecule has 1 fully saturated rings. The topological polar surface area (TPSA) is 3.24 Å². The normalized spacial score (nSPS) is 31.6. The molecule has 0 N–H and O–H groups in total. The fourth-order valence-corrected chi connectivity index (χ4v) is 4.11. The van der Waals surface area contributed by atoms with E-state index in [1.54, 1.807) is 0 Å². The minimum atomic E-state index is 0.300. The monoisotopic (exact) mass is 239 g/mol. The van der Waals surface area contributed by atoms with Gasteiger partial charge < -0.3 is 4.90 Å². The van der Waals surface area contributed by atoms with Crippen molar-refractivity contribution in [3.05, 3.63) is 0 Å². The van der Waals surface area contributed by atoms with Crippen molar-refractivity contribution in [3.8, 4) is 0 Å². The van der Waals surface area contributed by atoms with Gasteiger partial charge in [0.2, 0.25) is 0 Å². The largest absolute Gasteiger partial charge is 0.301 e. The van der Waals surface area contributed by atoms with Crippen LogP contribution in [0.1, 0.15) is 61.8 Å². The molecule has 2 unspecified atom stereocenters. The van der Waals surface area contributed by atoms with Gasteiger partial charge in [0.1, 0.15) is 0 Å². The Labute approximate surface area is 109 Å². The van der Waals surface area contributed by atoms with Gasteiger partial charge in [0, 0.05) is 5.54 Å². The number of hydrogen-bond donors (Lipinski definition) is 0. The second kappa shape index (κ2) is 4.26. The predicted octanol–water partition coefficient (Wildman–Crippen LogP) is 4.43. The highest BCUT2D eigenvalue weighted by Gasteiger charge is 2.50. The van der Waals surface area contributed by atoms with E-state index in [4.69, 9.17) is 0 Å². The summed E-state index contributed by atoms with van der Waals surface area (Å²) in [7, 11) is 2.29. The smallest absolute Gasteiger partial charge is 0.0186 e. The zero-order chi connectivity index (χ0) is 13.6. The Morgan fingerprint density at radius 2 is 1.41 bits per heavy atom. The van der Waals surface area contributed by atoms with Gasteiger partial charge in [0.25, 0.3) is 0 Å². The fraction of sp³-hybridized carbons (Fsp3) is 1.00. The first kappa shape index (κ1) is 15.0. The lowest BCUT2D eigenvalue weighted by Gasteiger charge is -2.58. The maximum absolute atomic E-state index is 2.56. The van der Waals surface area contributed by atoms with Crippen LogP contribution in [0.3, 0.4) is 0 Å². The maximum Gasteiger partial charge on any atom is 0.0186 e. The molecule has 2 atom stereocenters. The molecular weight excluding hydrogens is 206 g/mol. The average Bonchev–Trinajstić information content (AvgIpc) is 2.04. The summed E-state index contributed by atoms with van der Waals surface area (Å²) in [6, 6.07) is 0. The Bertz CT molecular complexity index is 264. The second-order valence-corrected chi connectivity index (χ2v) is 8.68. The summed E-state index contributed by atoms with van der Waals surface area (Å²) in [6.45, 7) is 20.6. The number of nitrogens with zero attached hydrogens (tertiary/aromatic N) is 1. The highest BCUT2D eigenvalue weighted by molar-refractivity contribution is 5.02. The lowest BCUT2D eigenvalue weighted by atomic mass is 9.55. The lowest BCUT2D eigenvalue weighted by molar-refractivity contribution is -0.0868. The Hall–Kier alpha value is -0.0400. The number of piperidine rings is 1. The van der Waals surface area contributed by atoms with E-state index in [1.807, 2.05) is 0 Å². The molecule has 1 nitrogen and oxygen atoms in total. The highest BCUT2D eigenvalue weighted by atomic mass is 15.2. The van der Waals surface area contributed by atoms with Crippen LogP contribution in [-0.2, 0) is 0 Å². The van der Waals surface area contributed by atoms with Gasteiger partial charge in [-0.3, -0.25) is 0 Å². The number of hydrogen-bond acceptors (Lipinski definition) is 1. The lowest BCUT2D eigenvalue weighted by Crippen LogP contribution is -2.60. The number of rotatable bonds is 0. The average molecular weight is 239 g/mol. The second-order valence-electron chi connectivity index (χ2n) is 8.68. The molecule has 0 radical (unpaired) electrons. The van der Waals surface area contributed by atoms with Crippen LogP contribution < -0.4 is 0 Å². The molecule has 1 aliphatic rings. The van der Waals surface area contributed by atoms with Crippen molar-refractivity contribution in [2.45, 2.75) is 67.3 Å². The molecule has 0 aromatic rings. The highest BCUT2D eigenvalue weighted by Crippen LogP contribution is 2.52. The molecule has 0 amide bonds. The van der Waals surface area contributed by atoms with E-state index in [0.29, 0.717) is 16.4 Å². The third kappa shape index (κ3) is 2.86. The molecule has 1 heterocycles. The van der Waals surface area contributed by atoms with E-state index < -0.39 is 0 Å². The first-order valence-corrected chi connectivity index (χ1v) is 7.09. The molecule has 0 aromatic carbocycles. The standard InChI is InChI=1S/C16H33N/c1-14(2,3)12-10-11-17(9)16(7,8)13(12)15(4,5)6/h12-13H,10-11H2,1-9H3. The van der Waals surface area contributed by atoms with E-state index >= 15 is 0 Å². The van der Waals surface area contributed by atoms with Crippen molar-refractivity contribution >= 4 is 0 Å². The minimum Gasteiger partial charge on any atom is -0.301 e. The van der Waals surface area contributed by atoms with Gasteiger partial charge in [-0.1, -0.05) is 41.5 Å².